The quantitative estimate of drug-likeness (QED) is 0.846. The number of hydrogen-bond donors (Lipinski definition) is 0. The van der Waals surface area contributed by atoms with Crippen LogP contribution in [0.5, 0.6) is 0 Å². The van der Waals surface area contributed by atoms with E-state index in [4.69, 9.17) is 4.74 Å². The number of pyridine rings is 1. The molecule has 1 aliphatic rings. The van der Waals surface area contributed by atoms with Crippen LogP contribution in [0.25, 0.3) is 11.4 Å². The molecule has 0 N–H and O–H groups in total. The molecule has 0 bridgehead atoms. The predicted octanol–water partition coefficient (Wildman–Crippen LogP) is 3.72. The van der Waals surface area contributed by atoms with Crippen LogP contribution in [-0.2, 0) is 4.74 Å². The fourth-order valence-corrected chi connectivity index (χ4v) is 2.79. The third kappa shape index (κ3) is 2.72. The van der Waals surface area contributed by atoms with Crippen molar-refractivity contribution in [1.82, 2.24) is 14.8 Å². The smallest absolute Gasteiger partial charge is 0.150 e. The van der Waals surface area contributed by atoms with Gasteiger partial charge in [0, 0.05) is 18.5 Å². The van der Waals surface area contributed by atoms with Crippen LogP contribution in [0.15, 0.2) is 28.9 Å². The van der Waals surface area contributed by atoms with E-state index in [1.807, 2.05) is 36.0 Å². The summed E-state index contributed by atoms with van der Waals surface area (Å²) in [6.45, 7) is 2.80. The molecule has 1 fully saturated rings. The summed E-state index contributed by atoms with van der Waals surface area (Å²) in [5, 5.41) is 4.63. The monoisotopic (exact) mass is 321 g/mol. The molecule has 0 amide bonds. The number of halogens is 1. The highest BCUT2D eigenvalue weighted by atomic mass is 79.9. The van der Waals surface area contributed by atoms with Gasteiger partial charge in [-0.25, -0.2) is 4.68 Å². The Morgan fingerprint density at radius 3 is 3.00 bits per heavy atom. The van der Waals surface area contributed by atoms with Gasteiger partial charge in [0.25, 0.3) is 0 Å². The van der Waals surface area contributed by atoms with Gasteiger partial charge in [-0.2, -0.15) is 5.10 Å². The SMILES string of the molecule is Cc1cccc(-c2nn(C3CCCCO3)cc2Br)n1. The first-order chi connectivity index (χ1) is 9.24. The molecule has 5 heteroatoms. The Labute approximate surface area is 120 Å². The minimum atomic E-state index is 0.0589. The molecule has 1 atom stereocenters. The van der Waals surface area contributed by atoms with Gasteiger partial charge in [0.1, 0.15) is 11.9 Å². The highest BCUT2D eigenvalue weighted by Gasteiger charge is 2.19. The van der Waals surface area contributed by atoms with Gasteiger partial charge in [0.2, 0.25) is 0 Å². The normalized spacial score (nSPS) is 19.6. The van der Waals surface area contributed by atoms with Crippen LogP contribution in [0.1, 0.15) is 31.2 Å². The minimum absolute atomic E-state index is 0.0589. The van der Waals surface area contributed by atoms with E-state index in [1.165, 1.54) is 6.42 Å². The van der Waals surface area contributed by atoms with E-state index < -0.39 is 0 Å². The van der Waals surface area contributed by atoms with Crippen molar-refractivity contribution in [1.29, 1.82) is 0 Å². The summed E-state index contributed by atoms with van der Waals surface area (Å²) in [4.78, 5) is 4.52. The van der Waals surface area contributed by atoms with Crippen molar-refractivity contribution >= 4 is 15.9 Å². The van der Waals surface area contributed by atoms with Crippen LogP contribution in [0, 0.1) is 6.92 Å². The summed E-state index contributed by atoms with van der Waals surface area (Å²) in [6, 6.07) is 5.96. The fraction of sp³-hybridized carbons (Fsp3) is 0.429. The highest BCUT2D eigenvalue weighted by Crippen LogP contribution is 2.29. The lowest BCUT2D eigenvalue weighted by Crippen LogP contribution is -2.18. The largest absolute Gasteiger partial charge is 0.357 e. The number of nitrogens with zero attached hydrogens (tertiary/aromatic N) is 3. The Morgan fingerprint density at radius 1 is 1.37 bits per heavy atom. The fourth-order valence-electron chi connectivity index (χ4n) is 2.30. The molecule has 3 heterocycles. The Balaban J connectivity index is 1.92. The lowest BCUT2D eigenvalue weighted by atomic mass is 10.2. The van der Waals surface area contributed by atoms with Crippen LogP contribution >= 0.6 is 15.9 Å². The molecule has 2 aromatic heterocycles. The number of rotatable bonds is 2. The van der Waals surface area contributed by atoms with Crippen molar-refractivity contribution < 1.29 is 4.74 Å². The van der Waals surface area contributed by atoms with E-state index >= 15 is 0 Å². The van der Waals surface area contributed by atoms with Crippen molar-refractivity contribution in [2.75, 3.05) is 6.61 Å². The maximum Gasteiger partial charge on any atom is 0.150 e. The molecule has 0 aromatic carbocycles. The molecular formula is C14H16BrN3O. The van der Waals surface area contributed by atoms with Gasteiger partial charge in [0.15, 0.2) is 0 Å². The second-order valence-corrected chi connectivity index (χ2v) is 5.65. The zero-order chi connectivity index (χ0) is 13.2. The van der Waals surface area contributed by atoms with Gasteiger partial charge >= 0.3 is 0 Å². The van der Waals surface area contributed by atoms with Crippen molar-refractivity contribution in [2.24, 2.45) is 0 Å². The summed E-state index contributed by atoms with van der Waals surface area (Å²) in [6.07, 6.45) is 5.40. The third-order valence-corrected chi connectivity index (χ3v) is 3.85. The molecule has 0 spiro atoms. The van der Waals surface area contributed by atoms with Gasteiger partial charge < -0.3 is 4.74 Å². The molecule has 4 nitrogen and oxygen atoms in total. The molecule has 2 aromatic rings. The molecule has 19 heavy (non-hydrogen) atoms. The first kappa shape index (κ1) is 12.8. The summed E-state index contributed by atoms with van der Waals surface area (Å²) in [7, 11) is 0. The van der Waals surface area contributed by atoms with Crippen molar-refractivity contribution in [2.45, 2.75) is 32.4 Å². The number of aromatic nitrogens is 3. The van der Waals surface area contributed by atoms with Gasteiger partial charge in [-0.3, -0.25) is 4.98 Å². The van der Waals surface area contributed by atoms with Gasteiger partial charge in [-0.05, 0) is 54.2 Å². The maximum absolute atomic E-state index is 5.75. The van der Waals surface area contributed by atoms with Gasteiger partial charge in [-0.1, -0.05) is 6.07 Å². The third-order valence-electron chi connectivity index (χ3n) is 3.27. The Morgan fingerprint density at radius 2 is 2.26 bits per heavy atom. The average Bonchev–Trinajstić information content (AvgIpc) is 2.82. The molecule has 1 unspecified atom stereocenters. The first-order valence-electron chi connectivity index (χ1n) is 6.54. The van der Waals surface area contributed by atoms with Crippen molar-refractivity contribution in [3.05, 3.63) is 34.6 Å². The second-order valence-electron chi connectivity index (χ2n) is 4.79. The van der Waals surface area contributed by atoms with Crippen LogP contribution in [0.2, 0.25) is 0 Å². The van der Waals surface area contributed by atoms with E-state index in [0.29, 0.717) is 0 Å². The molecule has 0 saturated carbocycles. The van der Waals surface area contributed by atoms with Crippen LogP contribution < -0.4 is 0 Å². The van der Waals surface area contributed by atoms with E-state index in [9.17, 15) is 0 Å². The number of hydrogen-bond acceptors (Lipinski definition) is 3. The maximum atomic E-state index is 5.75. The molecule has 0 aliphatic carbocycles. The standard InChI is InChI=1S/C14H16BrN3O/c1-10-5-4-6-12(16-10)14-11(15)9-18(17-14)13-7-2-3-8-19-13/h4-6,9,13H,2-3,7-8H2,1H3. The molecule has 1 saturated heterocycles. The second kappa shape index (κ2) is 5.43. The Hall–Kier alpha value is -1.20. The zero-order valence-electron chi connectivity index (χ0n) is 10.8. The van der Waals surface area contributed by atoms with Crippen LogP contribution in [-0.4, -0.2) is 21.4 Å². The van der Waals surface area contributed by atoms with E-state index in [-0.39, 0.29) is 6.23 Å². The first-order valence-corrected chi connectivity index (χ1v) is 7.33. The van der Waals surface area contributed by atoms with E-state index in [1.54, 1.807) is 0 Å². The van der Waals surface area contributed by atoms with Crippen molar-refractivity contribution in [3.63, 3.8) is 0 Å². The Kier molecular flexibility index (Phi) is 3.66. The number of aryl methyl sites for hydroxylation is 1. The van der Waals surface area contributed by atoms with Crippen molar-refractivity contribution in [3.8, 4) is 11.4 Å². The number of ether oxygens (including phenoxy) is 1. The molecule has 3 rings (SSSR count). The molecule has 0 radical (unpaired) electrons. The molecule has 100 valence electrons. The van der Waals surface area contributed by atoms with Gasteiger partial charge in [0.05, 0.1) is 10.2 Å². The summed E-state index contributed by atoms with van der Waals surface area (Å²) in [5.74, 6) is 0. The topological polar surface area (TPSA) is 39.9 Å². The summed E-state index contributed by atoms with van der Waals surface area (Å²) < 4.78 is 8.61. The molecular weight excluding hydrogens is 306 g/mol. The molecule has 1 aliphatic heterocycles. The lowest BCUT2D eigenvalue weighted by Gasteiger charge is -2.22. The predicted molar refractivity (Wildman–Crippen MR) is 76.7 cm³/mol. The minimum Gasteiger partial charge on any atom is -0.357 e. The summed E-state index contributed by atoms with van der Waals surface area (Å²) in [5.41, 5.74) is 2.76. The van der Waals surface area contributed by atoms with Gasteiger partial charge in [-0.15, -0.1) is 0 Å². The van der Waals surface area contributed by atoms with Crippen LogP contribution in [0.3, 0.4) is 0 Å². The highest BCUT2D eigenvalue weighted by molar-refractivity contribution is 9.10. The Bertz CT molecular complexity index is 576. The van der Waals surface area contributed by atoms with Crippen LogP contribution in [0.4, 0.5) is 0 Å². The summed E-state index contributed by atoms with van der Waals surface area (Å²) >= 11 is 3.57. The van der Waals surface area contributed by atoms with E-state index in [2.05, 4.69) is 26.0 Å². The zero-order valence-corrected chi connectivity index (χ0v) is 12.4. The average molecular weight is 322 g/mol. The lowest BCUT2D eigenvalue weighted by molar-refractivity contribution is -0.0394. The van der Waals surface area contributed by atoms with E-state index in [0.717, 1.165) is 41.0 Å².